The van der Waals surface area contributed by atoms with Crippen molar-refractivity contribution in [2.45, 2.75) is 18.7 Å². The summed E-state index contributed by atoms with van der Waals surface area (Å²) in [6.45, 7) is 0. The third-order valence-electron chi connectivity index (χ3n) is 4.71. The van der Waals surface area contributed by atoms with Crippen molar-refractivity contribution in [2.75, 3.05) is 16.0 Å². The molecule has 3 aromatic rings. The van der Waals surface area contributed by atoms with Crippen LogP contribution in [-0.4, -0.2) is 28.1 Å². The molecule has 4 N–H and O–H groups in total. The number of hydrogen-bond donors (Lipinski definition) is 4. The summed E-state index contributed by atoms with van der Waals surface area (Å²) < 4.78 is 40.7. The van der Waals surface area contributed by atoms with Gasteiger partial charge in [0, 0.05) is 22.8 Å². The Morgan fingerprint density at radius 2 is 1.85 bits per heavy atom. The number of aromatic nitrogens is 2. The van der Waals surface area contributed by atoms with Gasteiger partial charge in [0.25, 0.3) is 5.56 Å². The fourth-order valence-electron chi connectivity index (χ4n) is 3.33. The van der Waals surface area contributed by atoms with E-state index in [1.54, 1.807) is 24.3 Å². The molecule has 0 aliphatic carbocycles. The van der Waals surface area contributed by atoms with E-state index in [1.165, 1.54) is 12.1 Å². The van der Waals surface area contributed by atoms with Gasteiger partial charge in [-0.25, -0.2) is 0 Å². The van der Waals surface area contributed by atoms with Gasteiger partial charge in [-0.05, 0) is 42.5 Å². The molecule has 13 heteroatoms. The summed E-state index contributed by atoms with van der Waals surface area (Å²) >= 11 is 5.94. The lowest BCUT2D eigenvalue weighted by molar-refractivity contribution is -0.274. The Bertz CT molecular complexity index is 1310. The van der Waals surface area contributed by atoms with Gasteiger partial charge in [0.1, 0.15) is 11.6 Å². The number of carbonyl (C=O) groups excluding carboxylic acids is 2. The average molecular weight is 494 g/mol. The summed E-state index contributed by atoms with van der Waals surface area (Å²) in [6.07, 6.45) is -5.17. The largest absolute Gasteiger partial charge is 0.573 e. The Balaban J connectivity index is 1.55. The minimum absolute atomic E-state index is 0.0210. The predicted molar refractivity (Wildman–Crippen MR) is 117 cm³/mol. The van der Waals surface area contributed by atoms with Crippen LogP contribution >= 0.6 is 11.6 Å². The molecule has 1 aliphatic heterocycles. The van der Waals surface area contributed by atoms with Gasteiger partial charge in [-0.2, -0.15) is 4.98 Å². The van der Waals surface area contributed by atoms with E-state index < -0.39 is 35.4 Å². The standard InChI is InChI=1S/C21H15ClF3N5O4/c22-10-2-1-3-12(8-10)27-20-29-17-16(19(33)30-20)14(9-15(31)28-17)18(32)26-11-4-6-13(7-5-11)34-21(23,24)25/h1-8,14H,9H2,(H,26,32)(H3,27,28,29,30,31,33). The monoisotopic (exact) mass is 493 g/mol. The van der Waals surface area contributed by atoms with Crippen LogP contribution in [0.2, 0.25) is 5.02 Å². The Kier molecular flexibility index (Phi) is 6.16. The molecule has 1 atom stereocenters. The van der Waals surface area contributed by atoms with E-state index in [0.717, 1.165) is 12.1 Å². The van der Waals surface area contributed by atoms with Gasteiger partial charge in [-0.1, -0.05) is 17.7 Å². The van der Waals surface area contributed by atoms with Gasteiger partial charge in [-0.3, -0.25) is 19.4 Å². The lowest BCUT2D eigenvalue weighted by atomic mass is 9.92. The Labute approximate surface area is 194 Å². The van der Waals surface area contributed by atoms with Crippen LogP contribution in [0.4, 0.5) is 36.3 Å². The molecule has 0 spiro atoms. The van der Waals surface area contributed by atoms with Crippen LogP contribution < -0.4 is 26.2 Å². The highest BCUT2D eigenvalue weighted by atomic mass is 35.5. The van der Waals surface area contributed by atoms with Gasteiger partial charge >= 0.3 is 6.36 Å². The zero-order chi connectivity index (χ0) is 24.5. The molecular weight excluding hydrogens is 479 g/mol. The molecule has 2 aromatic carbocycles. The molecule has 9 nitrogen and oxygen atoms in total. The Morgan fingerprint density at radius 3 is 2.53 bits per heavy atom. The molecule has 1 unspecified atom stereocenters. The number of nitrogens with one attached hydrogen (secondary N) is 4. The first kappa shape index (κ1) is 23.1. The zero-order valence-electron chi connectivity index (χ0n) is 17.0. The van der Waals surface area contributed by atoms with Crippen LogP contribution in [0, 0.1) is 0 Å². The number of benzene rings is 2. The van der Waals surface area contributed by atoms with Crippen molar-refractivity contribution in [3.8, 4) is 5.75 Å². The second kappa shape index (κ2) is 9.06. The zero-order valence-corrected chi connectivity index (χ0v) is 17.8. The van der Waals surface area contributed by atoms with E-state index in [9.17, 15) is 27.6 Å². The summed E-state index contributed by atoms with van der Waals surface area (Å²) in [6, 6.07) is 11.1. The minimum atomic E-state index is -4.85. The summed E-state index contributed by atoms with van der Waals surface area (Å²) in [5.41, 5.74) is -0.0185. The molecule has 0 fully saturated rings. The summed E-state index contributed by atoms with van der Waals surface area (Å²) in [5.74, 6) is -2.94. The van der Waals surface area contributed by atoms with Gasteiger partial charge in [0.05, 0.1) is 11.5 Å². The first-order chi connectivity index (χ1) is 16.1. The minimum Gasteiger partial charge on any atom is -0.406 e. The molecule has 2 amide bonds. The Morgan fingerprint density at radius 1 is 1.12 bits per heavy atom. The average Bonchev–Trinajstić information content (AvgIpc) is 2.73. The Hall–Kier alpha value is -4.06. The molecule has 0 radical (unpaired) electrons. The maximum atomic E-state index is 12.8. The third kappa shape index (κ3) is 5.46. The second-order valence-electron chi connectivity index (χ2n) is 7.18. The smallest absolute Gasteiger partial charge is 0.406 e. The molecule has 0 saturated heterocycles. The number of rotatable bonds is 5. The van der Waals surface area contributed by atoms with E-state index in [4.69, 9.17) is 11.6 Å². The highest BCUT2D eigenvalue weighted by Gasteiger charge is 2.35. The summed E-state index contributed by atoms with van der Waals surface area (Å²) in [7, 11) is 0. The van der Waals surface area contributed by atoms with E-state index in [2.05, 4.69) is 30.7 Å². The van der Waals surface area contributed by atoms with Crippen LogP contribution in [0.5, 0.6) is 5.75 Å². The third-order valence-corrected chi connectivity index (χ3v) is 4.95. The first-order valence-electron chi connectivity index (χ1n) is 9.71. The van der Waals surface area contributed by atoms with E-state index >= 15 is 0 Å². The van der Waals surface area contributed by atoms with Gasteiger partial charge < -0.3 is 20.7 Å². The fraction of sp³-hybridized carbons (Fsp3) is 0.143. The lowest BCUT2D eigenvalue weighted by Gasteiger charge is -2.23. The molecule has 0 bridgehead atoms. The van der Waals surface area contributed by atoms with Crippen molar-refractivity contribution in [1.29, 1.82) is 0 Å². The number of ether oxygens (including phenoxy) is 1. The molecule has 0 saturated carbocycles. The molecule has 4 rings (SSSR count). The maximum absolute atomic E-state index is 12.8. The number of aromatic amines is 1. The van der Waals surface area contributed by atoms with Gasteiger partial charge in [0.15, 0.2) is 0 Å². The number of halogens is 4. The van der Waals surface area contributed by atoms with Crippen LogP contribution in [0.25, 0.3) is 0 Å². The van der Waals surface area contributed by atoms with Crippen LogP contribution in [0.3, 0.4) is 0 Å². The molecule has 176 valence electrons. The van der Waals surface area contributed by atoms with Gasteiger partial charge in [0.2, 0.25) is 17.8 Å². The van der Waals surface area contributed by atoms with E-state index in [-0.39, 0.29) is 29.4 Å². The SMILES string of the molecule is O=C1CC(C(=O)Nc2ccc(OC(F)(F)F)cc2)c2c(nc(Nc3cccc(Cl)c3)[nH]c2=O)N1. The predicted octanol–water partition coefficient (Wildman–Crippen LogP) is 4.13. The fourth-order valence-corrected chi connectivity index (χ4v) is 3.52. The van der Waals surface area contributed by atoms with E-state index in [0.29, 0.717) is 10.7 Å². The van der Waals surface area contributed by atoms with Crippen molar-refractivity contribution in [2.24, 2.45) is 0 Å². The van der Waals surface area contributed by atoms with Crippen LogP contribution in [-0.2, 0) is 9.59 Å². The number of carbonyl (C=O) groups is 2. The second-order valence-corrected chi connectivity index (χ2v) is 7.61. The summed E-state index contributed by atoms with van der Waals surface area (Å²) in [4.78, 5) is 44.5. The van der Waals surface area contributed by atoms with Crippen LogP contribution in [0.15, 0.2) is 53.3 Å². The number of alkyl halides is 3. The highest BCUT2D eigenvalue weighted by molar-refractivity contribution is 6.30. The number of hydrogen-bond acceptors (Lipinski definition) is 6. The lowest BCUT2D eigenvalue weighted by Crippen LogP contribution is -2.36. The molecule has 34 heavy (non-hydrogen) atoms. The highest BCUT2D eigenvalue weighted by Crippen LogP contribution is 2.31. The van der Waals surface area contributed by atoms with Crippen molar-refractivity contribution < 1.29 is 27.5 Å². The van der Waals surface area contributed by atoms with Crippen molar-refractivity contribution in [3.05, 3.63) is 69.5 Å². The normalized spacial score (nSPS) is 15.2. The van der Waals surface area contributed by atoms with Crippen LogP contribution in [0.1, 0.15) is 17.9 Å². The molecule has 1 aromatic heterocycles. The first-order valence-corrected chi connectivity index (χ1v) is 10.1. The number of nitrogens with zero attached hydrogens (tertiary/aromatic N) is 1. The van der Waals surface area contributed by atoms with Crippen molar-refractivity contribution in [1.82, 2.24) is 9.97 Å². The molecular formula is C21H15ClF3N5O4. The maximum Gasteiger partial charge on any atom is 0.573 e. The number of amides is 2. The quantitative estimate of drug-likeness (QED) is 0.423. The van der Waals surface area contributed by atoms with Gasteiger partial charge in [-0.15, -0.1) is 13.2 Å². The number of fused-ring (bicyclic) bond motifs is 1. The van der Waals surface area contributed by atoms with E-state index in [1.807, 2.05) is 0 Å². The van der Waals surface area contributed by atoms with Crippen molar-refractivity contribution >= 4 is 46.6 Å². The topological polar surface area (TPSA) is 125 Å². The number of H-pyrrole nitrogens is 1. The summed E-state index contributed by atoms with van der Waals surface area (Å²) in [5, 5.41) is 8.27. The molecule has 2 heterocycles. The molecule has 1 aliphatic rings. The number of anilines is 4. The van der Waals surface area contributed by atoms with Crippen molar-refractivity contribution in [3.63, 3.8) is 0 Å².